The van der Waals surface area contributed by atoms with Crippen LogP contribution in [-0.4, -0.2) is 30.2 Å². The molecule has 1 atom stereocenters. The first-order valence-corrected chi connectivity index (χ1v) is 8.00. The van der Waals surface area contributed by atoms with Crippen LogP contribution >= 0.6 is 15.9 Å². The fourth-order valence-corrected chi connectivity index (χ4v) is 3.05. The van der Waals surface area contributed by atoms with Gasteiger partial charge in [0.15, 0.2) is 0 Å². The lowest BCUT2D eigenvalue weighted by molar-refractivity contribution is 0.418. The Balaban J connectivity index is 2.16. The summed E-state index contributed by atoms with van der Waals surface area (Å²) >= 11 is 3.70. The molecule has 1 N–H and O–H groups in total. The largest absolute Gasteiger partial charge is 0.351 e. The molecule has 0 amide bonds. The number of piperidine rings is 1. The quantitative estimate of drug-likeness (QED) is 0.918. The van der Waals surface area contributed by atoms with E-state index in [1.54, 1.807) is 0 Å². The predicted molar refractivity (Wildman–Crippen MR) is 84.8 cm³/mol. The molecule has 1 aliphatic heterocycles. The average molecular weight is 326 g/mol. The number of aromatic nitrogens is 1. The van der Waals surface area contributed by atoms with Crippen LogP contribution in [0.25, 0.3) is 0 Å². The van der Waals surface area contributed by atoms with Gasteiger partial charge in [-0.2, -0.15) is 0 Å². The van der Waals surface area contributed by atoms with Crippen molar-refractivity contribution in [1.29, 1.82) is 0 Å². The van der Waals surface area contributed by atoms with Crippen molar-refractivity contribution in [3.05, 3.63) is 22.3 Å². The van der Waals surface area contributed by atoms with Crippen LogP contribution in [0.4, 0.5) is 5.82 Å². The topological polar surface area (TPSA) is 28.2 Å². The van der Waals surface area contributed by atoms with Crippen LogP contribution in [0.3, 0.4) is 0 Å². The Morgan fingerprint density at radius 3 is 3.00 bits per heavy atom. The first kappa shape index (κ1) is 14.8. The summed E-state index contributed by atoms with van der Waals surface area (Å²) in [6.07, 6.45) is 5.75. The first-order valence-electron chi connectivity index (χ1n) is 7.20. The highest BCUT2D eigenvalue weighted by Gasteiger charge is 2.25. The van der Waals surface area contributed by atoms with E-state index in [0.29, 0.717) is 12.1 Å². The summed E-state index contributed by atoms with van der Waals surface area (Å²) in [5, 5.41) is 3.56. The molecule has 0 aliphatic carbocycles. The Morgan fingerprint density at radius 1 is 1.47 bits per heavy atom. The highest BCUT2D eigenvalue weighted by molar-refractivity contribution is 9.10. The summed E-state index contributed by atoms with van der Waals surface area (Å²) in [7, 11) is 0. The van der Waals surface area contributed by atoms with E-state index in [9.17, 15) is 0 Å². The van der Waals surface area contributed by atoms with Gasteiger partial charge >= 0.3 is 0 Å². The number of aryl methyl sites for hydroxylation is 1. The van der Waals surface area contributed by atoms with Crippen molar-refractivity contribution in [2.75, 3.05) is 18.0 Å². The van der Waals surface area contributed by atoms with Crippen LogP contribution in [-0.2, 0) is 0 Å². The zero-order chi connectivity index (χ0) is 13.8. The van der Waals surface area contributed by atoms with E-state index in [-0.39, 0.29) is 0 Å². The Kier molecular flexibility index (Phi) is 5.22. The molecule has 4 heteroatoms. The molecule has 3 nitrogen and oxygen atoms in total. The third-order valence-electron chi connectivity index (χ3n) is 3.72. The van der Waals surface area contributed by atoms with Crippen molar-refractivity contribution in [3.8, 4) is 0 Å². The number of halogens is 1. The summed E-state index contributed by atoms with van der Waals surface area (Å²) in [6.45, 7) is 8.68. The van der Waals surface area contributed by atoms with Gasteiger partial charge < -0.3 is 10.2 Å². The van der Waals surface area contributed by atoms with E-state index in [4.69, 9.17) is 0 Å². The van der Waals surface area contributed by atoms with Gasteiger partial charge in [-0.3, -0.25) is 0 Å². The monoisotopic (exact) mass is 325 g/mol. The summed E-state index contributed by atoms with van der Waals surface area (Å²) in [6, 6.07) is 3.15. The number of pyridine rings is 1. The van der Waals surface area contributed by atoms with Crippen LogP contribution in [0.1, 0.15) is 38.7 Å². The van der Waals surface area contributed by atoms with Crippen molar-refractivity contribution in [3.63, 3.8) is 0 Å². The lowest BCUT2D eigenvalue weighted by Crippen LogP contribution is -2.47. The van der Waals surface area contributed by atoms with Gasteiger partial charge in [-0.25, -0.2) is 4.98 Å². The van der Waals surface area contributed by atoms with Gasteiger partial charge in [0.25, 0.3) is 0 Å². The van der Waals surface area contributed by atoms with E-state index in [2.05, 4.69) is 58.0 Å². The minimum Gasteiger partial charge on any atom is -0.351 e. The second-order valence-electron chi connectivity index (χ2n) is 5.67. The first-order chi connectivity index (χ1) is 9.09. The molecule has 2 heterocycles. The minimum atomic E-state index is 0.540. The average Bonchev–Trinajstić information content (AvgIpc) is 2.40. The smallest absolute Gasteiger partial charge is 0.143 e. The number of hydrogen-bond acceptors (Lipinski definition) is 3. The molecule has 0 spiro atoms. The number of nitrogens with one attached hydrogen (secondary N) is 1. The zero-order valence-electron chi connectivity index (χ0n) is 12.1. The number of nitrogens with zero attached hydrogens (tertiary/aromatic N) is 2. The van der Waals surface area contributed by atoms with Crippen molar-refractivity contribution in [1.82, 2.24) is 10.3 Å². The van der Waals surface area contributed by atoms with Gasteiger partial charge in [-0.1, -0.05) is 13.8 Å². The fourth-order valence-electron chi connectivity index (χ4n) is 2.59. The van der Waals surface area contributed by atoms with E-state index < -0.39 is 0 Å². The molecule has 106 valence electrons. The van der Waals surface area contributed by atoms with Crippen LogP contribution < -0.4 is 10.2 Å². The molecule has 0 bridgehead atoms. The second kappa shape index (κ2) is 6.71. The SMILES string of the molecule is Cc1ccnc(N2CCCCC2CNC(C)C)c1Br. The molecule has 1 aromatic rings. The zero-order valence-corrected chi connectivity index (χ0v) is 13.7. The molecule has 1 aliphatic rings. The van der Waals surface area contributed by atoms with Crippen LogP contribution in [0.15, 0.2) is 16.7 Å². The van der Waals surface area contributed by atoms with Gasteiger partial charge in [-0.15, -0.1) is 0 Å². The summed E-state index contributed by atoms with van der Waals surface area (Å²) in [4.78, 5) is 7.06. The van der Waals surface area contributed by atoms with Crippen molar-refractivity contribution >= 4 is 21.7 Å². The maximum absolute atomic E-state index is 4.59. The lowest BCUT2D eigenvalue weighted by atomic mass is 10.0. The van der Waals surface area contributed by atoms with Gasteiger partial charge in [-0.05, 0) is 53.7 Å². The highest BCUT2D eigenvalue weighted by Crippen LogP contribution is 2.31. The molecule has 0 saturated carbocycles. The predicted octanol–water partition coefficient (Wildman–Crippen LogP) is 3.51. The molecule has 2 rings (SSSR count). The second-order valence-corrected chi connectivity index (χ2v) is 6.46. The van der Waals surface area contributed by atoms with Crippen molar-refractivity contribution < 1.29 is 0 Å². The lowest BCUT2D eigenvalue weighted by Gasteiger charge is -2.38. The van der Waals surface area contributed by atoms with E-state index in [1.807, 2.05) is 6.20 Å². The summed E-state index contributed by atoms with van der Waals surface area (Å²) in [5.41, 5.74) is 1.26. The van der Waals surface area contributed by atoms with E-state index >= 15 is 0 Å². The van der Waals surface area contributed by atoms with Crippen LogP contribution in [0, 0.1) is 6.92 Å². The Bertz CT molecular complexity index is 420. The van der Waals surface area contributed by atoms with Crippen LogP contribution in [0.5, 0.6) is 0 Å². The number of rotatable bonds is 4. The van der Waals surface area contributed by atoms with Crippen molar-refractivity contribution in [2.45, 2.75) is 52.1 Å². The summed E-state index contributed by atoms with van der Waals surface area (Å²) < 4.78 is 1.14. The Labute approximate surface area is 124 Å². The van der Waals surface area contributed by atoms with E-state index in [0.717, 1.165) is 23.4 Å². The van der Waals surface area contributed by atoms with Crippen molar-refractivity contribution in [2.24, 2.45) is 0 Å². The molecule has 1 aromatic heterocycles. The van der Waals surface area contributed by atoms with Gasteiger partial charge in [0.2, 0.25) is 0 Å². The molecule has 1 fully saturated rings. The maximum atomic E-state index is 4.59. The van der Waals surface area contributed by atoms with Gasteiger partial charge in [0, 0.05) is 31.4 Å². The molecule has 1 unspecified atom stereocenters. The molecule has 0 radical (unpaired) electrons. The molecular weight excluding hydrogens is 302 g/mol. The van der Waals surface area contributed by atoms with Gasteiger partial charge in [0.05, 0.1) is 4.47 Å². The standard InChI is InChI=1S/C15H24BrN3/c1-11(2)18-10-13-6-4-5-9-19(13)15-14(16)12(3)7-8-17-15/h7-8,11,13,18H,4-6,9-10H2,1-3H3. The molecule has 1 saturated heterocycles. The normalized spacial score (nSPS) is 20.1. The molecular formula is C15H24BrN3. The molecule has 0 aromatic carbocycles. The Morgan fingerprint density at radius 2 is 2.26 bits per heavy atom. The maximum Gasteiger partial charge on any atom is 0.143 e. The Hall–Kier alpha value is -0.610. The third-order valence-corrected chi connectivity index (χ3v) is 4.70. The minimum absolute atomic E-state index is 0.540. The number of anilines is 1. The highest BCUT2D eigenvalue weighted by atomic mass is 79.9. The van der Waals surface area contributed by atoms with Gasteiger partial charge in [0.1, 0.15) is 5.82 Å². The number of hydrogen-bond donors (Lipinski definition) is 1. The molecule has 19 heavy (non-hydrogen) atoms. The third kappa shape index (κ3) is 3.69. The summed E-state index contributed by atoms with van der Waals surface area (Å²) in [5.74, 6) is 1.11. The van der Waals surface area contributed by atoms with Crippen LogP contribution in [0.2, 0.25) is 0 Å². The fraction of sp³-hybridized carbons (Fsp3) is 0.667. The van der Waals surface area contributed by atoms with E-state index in [1.165, 1.54) is 24.8 Å².